The first-order valence-corrected chi connectivity index (χ1v) is 13.6. The normalized spacial score (nSPS) is 22.1. The maximum absolute atomic E-state index is 13.3. The highest BCUT2D eigenvalue weighted by atomic mass is 16.1. The van der Waals surface area contributed by atoms with Crippen molar-refractivity contribution in [3.8, 4) is 0 Å². The van der Waals surface area contributed by atoms with Crippen LogP contribution in [0.2, 0.25) is 0 Å². The molecule has 0 unspecified atom stereocenters. The SMILES string of the molecule is CN1CCN(C[C@H]2C[C@@H](C(=O)NCCc3c[nH]c4ccccc34)CN(CCc3ccccc3)C2)CC1. The topological polar surface area (TPSA) is 54.6 Å². The van der Waals surface area contributed by atoms with E-state index < -0.39 is 0 Å². The van der Waals surface area contributed by atoms with Gasteiger partial charge in [0, 0.05) is 76.0 Å². The van der Waals surface area contributed by atoms with Crippen molar-refractivity contribution in [2.45, 2.75) is 19.3 Å². The fourth-order valence-electron chi connectivity index (χ4n) is 5.94. The highest BCUT2D eigenvalue weighted by Crippen LogP contribution is 2.24. The first-order chi connectivity index (χ1) is 17.6. The lowest BCUT2D eigenvalue weighted by atomic mass is 9.87. The number of likely N-dealkylation sites (tertiary alicyclic amines) is 1. The minimum absolute atomic E-state index is 0.0648. The Balaban J connectivity index is 1.18. The molecule has 6 heteroatoms. The first kappa shape index (κ1) is 25.0. The van der Waals surface area contributed by atoms with Crippen LogP contribution < -0.4 is 5.32 Å². The van der Waals surface area contributed by atoms with E-state index in [9.17, 15) is 4.79 Å². The van der Waals surface area contributed by atoms with Crippen LogP contribution in [0.5, 0.6) is 0 Å². The van der Waals surface area contributed by atoms with E-state index in [0.29, 0.717) is 12.5 Å². The molecule has 1 aromatic heterocycles. The van der Waals surface area contributed by atoms with E-state index in [4.69, 9.17) is 0 Å². The third kappa shape index (κ3) is 6.55. The van der Waals surface area contributed by atoms with E-state index in [1.165, 1.54) is 16.5 Å². The summed E-state index contributed by atoms with van der Waals surface area (Å²) < 4.78 is 0. The van der Waals surface area contributed by atoms with Crippen LogP contribution >= 0.6 is 0 Å². The fourth-order valence-corrected chi connectivity index (χ4v) is 5.94. The number of nitrogens with one attached hydrogen (secondary N) is 2. The average molecular weight is 488 g/mol. The lowest BCUT2D eigenvalue weighted by Gasteiger charge is -2.41. The number of benzene rings is 2. The molecular weight excluding hydrogens is 446 g/mol. The molecule has 36 heavy (non-hydrogen) atoms. The second kappa shape index (κ2) is 12.0. The molecule has 3 heterocycles. The molecule has 2 aliphatic rings. The summed E-state index contributed by atoms with van der Waals surface area (Å²) in [7, 11) is 2.21. The summed E-state index contributed by atoms with van der Waals surface area (Å²) in [4.78, 5) is 24.2. The Morgan fingerprint density at radius 3 is 2.56 bits per heavy atom. The van der Waals surface area contributed by atoms with Crippen LogP contribution in [0.15, 0.2) is 60.8 Å². The van der Waals surface area contributed by atoms with Gasteiger partial charge < -0.3 is 25.0 Å². The van der Waals surface area contributed by atoms with Gasteiger partial charge in [0.15, 0.2) is 0 Å². The smallest absolute Gasteiger partial charge is 0.224 e. The largest absolute Gasteiger partial charge is 0.361 e. The number of nitrogens with zero attached hydrogens (tertiary/aromatic N) is 3. The standard InChI is InChI=1S/C30H41N5O/c1-33-15-17-34(18-16-33)21-25-19-27(23-35(22-25)14-12-24-7-3-2-4-8-24)30(36)31-13-11-26-20-32-29-10-6-5-9-28(26)29/h2-10,20,25,27,32H,11-19,21-23H2,1H3,(H,31,36)/t25-,27-/m1/s1. The zero-order valence-electron chi connectivity index (χ0n) is 21.7. The molecule has 1 amide bonds. The van der Waals surface area contributed by atoms with Crippen molar-refractivity contribution in [2.75, 3.05) is 66.0 Å². The van der Waals surface area contributed by atoms with Crippen LogP contribution in [0, 0.1) is 11.8 Å². The third-order valence-corrected chi connectivity index (χ3v) is 8.02. The maximum Gasteiger partial charge on any atom is 0.224 e. The Hall–Kier alpha value is -2.67. The average Bonchev–Trinajstić information content (AvgIpc) is 3.32. The molecule has 3 aromatic rings. The Labute approximate surface area is 215 Å². The number of H-pyrrole nitrogens is 1. The molecule has 192 valence electrons. The molecule has 2 aliphatic heterocycles. The molecule has 0 bridgehead atoms. The molecule has 0 saturated carbocycles. The number of piperidine rings is 1. The van der Waals surface area contributed by atoms with E-state index in [-0.39, 0.29) is 11.8 Å². The fraction of sp³-hybridized carbons (Fsp3) is 0.500. The molecule has 0 radical (unpaired) electrons. The summed E-state index contributed by atoms with van der Waals surface area (Å²) >= 11 is 0. The Bertz CT molecular complexity index is 1100. The Kier molecular flexibility index (Phi) is 8.36. The van der Waals surface area contributed by atoms with Crippen LogP contribution in [0.25, 0.3) is 10.9 Å². The van der Waals surface area contributed by atoms with Gasteiger partial charge >= 0.3 is 0 Å². The quantitative estimate of drug-likeness (QED) is 0.487. The number of rotatable bonds is 9. The second-order valence-electron chi connectivity index (χ2n) is 10.8. The number of fused-ring (bicyclic) bond motifs is 1. The van der Waals surface area contributed by atoms with Crippen molar-refractivity contribution in [1.29, 1.82) is 0 Å². The van der Waals surface area contributed by atoms with E-state index in [1.54, 1.807) is 0 Å². The van der Waals surface area contributed by atoms with E-state index in [0.717, 1.165) is 77.1 Å². The lowest BCUT2D eigenvalue weighted by molar-refractivity contribution is -0.127. The highest BCUT2D eigenvalue weighted by Gasteiger charge is 2.32. The van der Waals surface area contributed by atoms with E-state index in [2.05, 4.69) is 92.8 Å². The number of likely N-dealkylation sites (N-methyl/N-ethyl adjacent to an activating group) is 1. The number of hydrogen-bond acceptors (Lipinski definition) is 4. The van der Waals surface area contributed by atoms with Gasteiger partial charge in [-0.2, -0.15) is 0 Å². The zero-order chi connectivity index (χ0) is 24.7. The van der Waals surface area contributed by atoms with Crippen molar-refractivity contribution >= 4 is 16.8 Å². The van der Waals surface area contributed by atoms with Gasteiger partial charge in [-0.05, 0) is 49.4 Å². The molecule has 0 spiro atoms. The summed E-state index contributed by atoms with van der Waals surface area (Å²) in [5.41, 5.74) is 3.80. The molecule has 5 rings (SSSR count). The summed E-state index contributed by atoms with van der Waals surface area (Å²) in [6.45, 7) is 9.33. The van der Waals surface area contributed by atoms with Gasteiger partial charge in [-0.15, -0.1) is 0 Å². The predicted octanol–water partition coefficient (Wildman–Crippen LogP) is 3.25. The van der Waals surface area contributed by atoms with Crippen molar-refractivity contribution in [3.63, 3.8) is 0 Å². The molecule has 2 atom stereocenters. The molecular formula is C30H41N5O. The van der Waals surface area contributed by atoms with Crippen LogP contribution in [-0.4, -0.2) is 91.5 Å². The van der Waals surface area contributed by atoms with Gasteiger partial charge in [0.1, 0.15) is 0 Å². The molecule has 2 N–H and O–H groups in total. The minimum Gasteiger partial charge on any atom is -0.361 e. The van der Waals surface area contributed by atoms with Crippen molar-refractivity contribution in [1.82, 2.24) is 25.0 Å². The predicted molar refractivity (Wildman–Crippen MR) is 147 cm³/mol. The van der Waals surface area contributed by atoms with Crippen LogP contribution in [-0.2, 0) is 17.6 Å². The van der Waals surface area contributed by atoms with Crippen LogP contribution in [0.4, 0.5) is 0 Å². The van der Waals surface area contributed by atoms with Gasteiger partial charge in [0.2, 0.25) is 5.91 Å². The number of amides is 1. The first-order valence-electron chi connectivity index (χ1n) is 13.6. The second-order valence-corrected chi connectivity index (χ2v) is 10.8. The van der Waals surface area contributed by atoms with Gasteiger partial charge in [-0.3, -0.25) is 4.79 Å². The molecule has 2 fully saturated rings. The van der Waals surface area contributed by atoms with Crippen LogP contribution in [0.3, 0.4) is 0 Å². The summed E-state index contributed by atoms with van der Waals surface area (Å²) in [6.07, 6.45) is 4.96. The van der Waals surface area contributed by atoms with Gasteiger partial charge in [-0.25, -0.2) is 0 Å². The minimum atomic E-state index is 0.0648. The number of para-hydroxylation sites is 1. The zero-order valence-corrected chi connectivity index (χ0v) is 21.7. The van der Waals surface area contributed by atoms with Gasteiger partial charge in [-0.1, -0.05) is 48.5 Å². The summed E-state index contributed by atoms with van der Waals surface area (Å²) in [6, 6.07) is 19.1. The molecule has 2 aromatic carbocycles. The van der Waals surface area contributed by atoms with E-state index in [1.807, 2.05) is 0 Å². The summed E-state index contributed by atoms with van der Waals surface area (Å²) in [5, 5.41) is 4.53. The van der Waals surface area contributed by atoms with Crippen molar-refractivity contribution in [3.05, 3.63) is 71.9 Å². The number of aromatic amines is 1. The van der Waals surface area contributed by atoms with Crippen LogP contribution in [0.1, 0.15) is 17.5 Å². The van der Waals surface area contributed by atoms with Gasteiger partial charge in [0.25, 0.3) is 0 Å². The molecule has 0 aliphatic carbocycles. The van der Waals surface area contributed by atoms with Gasteiger partial charge in [0.05, 0.1) is 5.92 Å². The number of aromatic nitrogens is 1. The van der Waals surface area contributed by atoms with E-state index >= 15 is 0 Å². The Morgan fingerprint density at radius 2 is 1.72 bits per heavy atom. The monoisotopic (exact) mass is 487 g/mol. The summed E-state index contributed by atoms with van der Waals surface area (Å²) in [5.74, 6) is 0.833. The maximum atomic E-state index is 13.3. The number of carbonyl (C=O) groups is 1. The highest BCUT2D eigenvalue weighted by molar-refractivity contribution is 5.83. The molecule has 2 saturated heterocycles. The Morgan fingerprint density at radius 1 is 0.944 bits per heavy atom. The van der Waals surface area contributed by atoms with Crippen molar-refractivity contribution < 1.29 is 4.79 Å². The number of carbonyl (C=O) groups excluding carboxylic acids is 1. The number of hydrogen-bond donors (Lipinski definition) is 2. The third-order valence-electron chi connectivity index (χ3n) is 8.02. The lowest BCUT2D eigenvalue weighted by Crippen LogP contribution is -2.52. The van der Waals surface area contributed by atoms with Crippen molar-refractivity contribution in [2.24, 2.45) is 11.8 Å². The number of piperazine rings is 1. The molecule has 6 nitrogen and oxygen atoms in total.